The number of urea groups is 2. The Bertz CT molecular complexity index is 725. The van der Waals surface area contributed by atoms with Crippen molar-refractivity contribution in [2.45, 2.75) is 51.1 Å². The van der Waals surface area contributed by atoms with Crippen molar-refractivity contribution in [3.63, 3.8) is 0 Å². The first kappa shape index (κ1) is 22.2. The van der Waals surface area contributed by atoms with Crippen LogP contribution in [0.25, 0.3) is 0 Å². The SMILES string of the molecule is C[C@H]1CCCC[C@H]1NC(=O)NC(=O)COC(=O)[C@H](Cc1ccccc1)NC(N)=O. The Labute approximate surface area is 169 Å². The van der Waals surface area contributed by atoms with Crippen LogP contribution in [0.4, 0.5) is 9.59 Å². The maximum atomic E-state index is 12.3. The van der Waals surface area contributed by atoms with Gasteiger partial charge in [0.2, 0.25) is 0 Å². The largest absolute Gasteiger partial charge is 0.454 e. The molecule has 1 saturated carbocycles. The molecule has 29 heavy (non-hydrogen) atoms. The summed E-state index contributed by atoms with van der Waals surface area (Å²) in [5.41, 5.74) is 5.90. The molecule has 1 aliphatic carbocycles. The highest BCUT2D eigenvalue weighted by Gasteiger charge is 2.25. The van der Waals surface area contributed by atoms with Gasteiger partial charge in [-0.15, -0.1) is 0 Å². The number of primary amides is 1. The third-order valence-corrected chi connectivity index (χ3v) is 4.91. The van der Waals surface area contributed by atoms with Gasteiger partial charge in [-0.2, -0.15) is 0 Å². The number of amides is 5. The number of imide groups is 1. The van der Waals surface area contributed by atoms with Crippen LogP contribution in [-0.4, -0.2) is 42.6 Å². The second-order valence-electron chi connectivity index (χ2n) is 7.25. The lowest BCUT2D eigenvalue weighted by Crippen LogP contribution is -2.49. The summed E-state index contributed by atoms with van der Waals surface area (Å²) in [6.07, 6.45) is 4.24. The fraction of sp³-hybridized carbons (Fsp3) is 0.500. The van der Waals surface area contributed by atoms with Gasteiger partial charge in [-0.1, -0.05) is 50.1 Å². The first-order valence-electron chi connectivity index (χ1n) is 9.72. The van der Waals surface area contributed by atoms with Crippen molar-refractivity contribution >= 4 is 23.9 Å². The van der Waals surface area contributed by atoms with Crippen LogP contribution >= 0.6 is 0 Å². The van der Waals surface area contributed by atoms with Crippen molar-refractivity contribution in [3.05, 3.63) is 35.9 Å². The topological polar surface area (TPSA) is 140 Å². The fourth-order valence-electron chi connectivity index (χ4n) is 3.35. The van der Waals surface area contributed by atoms with E-state index in [0.29, 0.717) is 5.92 Å². The number of nitrogens with one attached hydrogen (secondary N) is 3. The minimum atomic E-state index is -1.04. The van der Waals surface area contributed by atoms with Crippen molar-refractivity contribution in [2.75, 3.05) is 6.61 Å². The van der Waals surface area contributed by atoms with Crippen LogP contribution < -0.4 is 21.7 Å². The third kappa shape index (κ3) is 7.81. The molecule has 158 valence electrons. The molecule has 9 nitrogen and oxygen atoms in total. The smallest absolute Gasteiger partial charge is 0.329 e. The Morgan fingerprint density at radius 1 is 1.14 bits per heavy atom. The molecule has 0 unspecified atom stereocenters. The fourth-order valence-corrected chi connectivity index (χ4v) is 3.35. The monoisotopic (exact) mass is 404 g/mol. The van der Waals surface area contributed by atoms with E-state index in [2.05, 4.69) is 22.9 Å². The summed E-state index contributed by atoms with van der Waals surface area (Å²) in [4.78, 5) is 47.3. The van der Waals surface area contributed by atoms with Crippen molar-refractivity contribution in [1.29, 1.82) is 0 Å². The highest BCUT2D eigenvalue weighted by atomic mass is 16.5. The van der Waals surface area contributed by atoms with E-state index in [1.165, 1.54) is 0 Å². The lowest BCUT2D eigenvalue weighted by atomic mass is 9.86. The Hall–Kier alpha value is -3.10. The molecule has 5 amide bonds. The quantitative estimate of drug-likeness (QED) is 0.506. The number of hydrogen-bond donors (Lipinski definition) is 4. The Kier molecular flexibility index (Phi) is 8.45. The van der Waals surface area contributed by atoms with Crippen LogP contribution in [0.3, 0.4) is 0 Å². The Balaban J connectivity index is 1.80. The van der Waals surface area contributed by atoms with E-state index in [-0.39, 0.29) is 12.5 Å². The van der Waals surface area contributed by atoms with Gasteiger partial charge in [-0.3, -0.25) is 10.1 Å². The number of nitrogens with two attached hydrogens (primary N) is 1. The molecule has 0 saturated heterocycles. The second kappa shape index (κ2) is 11.0. The van der Waals surface area contributed by atoms with Crippen LogP contribution in [0.5, 0.6) is 0 Å². The highest BCUT2D eigenvalue weighted by Crippen LogP contribution is 2.23. The molecule has 0 aliphatic heterocycles. The van der Waals surface area contributed by atoms with Crippen LogP contribution in [0.2, 0.25) is 0 Å². The van der Waals surface area contributed by atoms with Crippen LogP contribution in [0.1, 0.15) is 38.2 Å². The van der Waals surface area contributed by atoms with Gasteiger partial charge < -0.3 is 21.1 Å². The van der Waals surface area contributed by atoms with E-state index >= 15 is 0 Å². The van der Waals surface area contributed by atoms with Gasteiger partial charge in [0.1, 0.15) is 6.04 Å². The van der Waals surface area contributed by atoms with Crippen LogP contribution in [-0.2, 0) is 20.7 Å². The maximum absolute atomic E-state index is 12.3. The Morgan fingerprint density at radius 2 is 1.83 bits per heavy atom. The molecule has 2 rings (SSSR count). The normalized spacial score (nSPS) is 19.5. The van der Waals surface area contributed by atoms with Gasteiger partial charge in [0, 0.05) is 12.5 Å². The van der Waals surface area contributed by atoms with E-state index in [4.69, 9.17) is 10.5 Å². The summed E-state index contributed by atoms with van der Waals surface area (Å²) in [6.45, 7) is 1.42. The number of ether oxygens (including phenoxy) is 1. The molecular weight excluding hydrogens is 376 g/mol. The van der Waals surface area contributed by atoms with Crippen LogP contribution in [0, 0.1) is 5.92 Å². The molecule has 0 radical (unpaired) electrons. The lowest BCUT2D eigenvalue weighted by molar-refractivity contribution is -0.150. The number of rotatable bonds is 7. The van der Waals surface area contributed by atoms with E-state index in [0.717, 1.165) is 31.2 Å². The second-order valence-corrected chi connectivity index (χ2v) is 7.25. The third-order valence-electron chi connectivity index (χ3n) is 4.91. The van der Waals surface area contributed by atoms with E-state index < -0.39 is 36.6 Å². The molecular formula is C20H28N4O5. The van der Waals surface area contributed by atoms with Crippen molar-refractivity contribution in [1.82, 2.24) is 16.0 Å². The number of benzene rings is 1. The zero-order valence-electron chi connectivity index (χ0n) is 16.5. The maximum Gasteiger partial charge on any atom is 0.329 e. The summed E-state index contributed by atoms with van der Waals surface area (Å²) in [5, 5.41) is 7.24. The molecule has 0 bridgehead atoms. The number of hydrogen-bond acceptors (Lipinski definition) is 5. The lowest BCUT2D eigenvalue weighted by Gasteiger charge is -2.29. The number of carbonyl (C=O) groups excluding carboxylic acids is 4. The summed E-state index contributed by atoms with van der Waals surface area (Å²) in [7, 11) is 0. The molecule has 1 aromatic carbocycles. The Morgan fingerprint density at radius 3 is 2.48 bits per heavy atom. The predicted molar refractivity (Wildman–Crippen MR) is 106 cm³/mol. The molecule has 5 N–H and O–H groups in total. The molecule has 1 aliphatic rings. The molecule has 0 heterocycles. The summed E-state index contributed by atoms with van der Waals surface area (Å²) in [6, 6.07) is 6.46. The van der Waals surface area contributed by atoms with E-state index in [9.17, 15) is 19.2 Å². The van der Waals surface area contributed by atoms with Gasteiger partial charge in [0.25, 0.3) is 5.91 Å². The average molecular weight is 404 g/mol. The highest BCUT2D eigenvalue weighted by molar-refractivity contribution is 5.96. The van der Waals surface area contributed by atoms with Crippen molar-refractivity contribution < 1.29 is 23.9 Å². The minimum absolute atomic E-state index is 0.0223. The number of esters is 1. The first-order chi connectivity index (χ1) is 13.8. The van der Waals surface area contributed by atoms with E-state index in [1.807, 2.05) is 6.07 Å². The zero-order chi connectivity index (χ0) is 21.2. The van der Waals surface area contributed by atoms with Crippen LogP contribution in [0.15, 0.2) is 30.3 Å². The van der Waals surface area contributed by atoms with Gasteiger partial charge in [-0.05, 0) is 24.3 Å². The van der Waals surface area contributed by atoms with Gasteiger partial charge >= 0.3 is 18.0 Å². The molecule has 1 aromatic rings. The predicted octanol–water partition coefficient (Wildman–Crippen LogP) is 1.21. The molecule has 9 heteroatoms. The van der Waals surface area contributed by atoms with Gasteiger partial charge in [-0.25, -0.2) is 14.4 Å². The molecule has 0 aromatic heterocycles. The van der Waals surface area contributed by atoms with Gasteiger partial charge in [0.15, 0.2) is 6.61 Å². The standard InChI is InChI=1S/C20H28N4O5/c1-13-7-5-6-10-15(13)23-20(28)24-17(25)12-29-18(26)16(22-19(21)27)11-14-8-3-2-4-9-14/h2-4,8-9,13,15-16H,5-7,10-12H2,1H3,(H3,21,22,27)(H2,23,24,25,28)/t13-,15+,16-/m0/s1. The molecule has 1 fully saturated rings. The summed E-state index contributed by atoms with van der Waals surface area (Å²) in [5.74, 6) is -1.22. The summed E-state index contributed by atoms with van der Waals surface area (Å²) < 4.78 is 4.95. The van der Waals surface area contributed by atoms with Gasteiger partial charge in [0.05, 0.1) is 0 Å². The molecule has 0 spiro atoms. The van der Waals surface area contributed by atoms with E-state index in [1.54, 1.807) is 24.3 Å². The van der Waals surface area contributed by atoms with Crippen molar-refractivity contribution in [2.24, 2.45) is 11.7 Å². The zero-order valence-corrected chi connectivity index (χ0v) is 16.5. The summed E-state index contributed by atoms with van der Waals surface area (Å²) >= 11 is 0. The average Bonchev–Trinajstić information content (AvgIpc) is 2.68. The minimum Gasteiger partial charge on any atom is -0.454 e. The number of carbonyl (C=O) groups is 4. The first-order valence-corrected chi connectivity index (χ1v) is 9.72. The molecule has 3 atom stereocenters. The van der Waals surface area contributed by atoms with Crippen molar-refractivity contribution in [3.8, 4) is 0 Å².